The summed E-state index contributed by atoms with van der Waals surface area (Å²) in [5.41, 5.74) is 1.65. The average Bonchev–Trinajstić information content (AvgIpc) is 3.21. The molecule has 0 unspecified atom stereocenters. The van der Waals surface area contributed by atoms with Crippen molar-refractivity contribution in [2.75, 3.05) is 19.5 Å². The fraction of sp³-hybridized carbons (Fsp3) is 0.190. The van der Waals surface area contributed by atoms with Crippen molar-refractivity contribution in [1.29, 1.82) is 0 Å². The summed E-state index contributed by atoms with van der Waals surface area (Å²) in [6.07, 6.45) is 4.18. The first-order valence-corrected chi connectivity index (χ1v) is 8.88. The monoisotopic (exact) mass is 384 g/mol. The van der Waals surface area contributed by atoms with Crippen molar-refractivity contribution in [3.05, 3.63) is 77.6 Å². The van der Waals surface area contributed by atoms with Gasteiger partial charge in [0, 0.05) is 18.1 Å². The third-order valence-electron chi connectivity index (χ3n) is 4.30. The van der Waals surface area contributed by atoms with Gasteiger partial charge in [0.1, 0.15) is 11.5 Å². The van der Waals surface area contributed by atoms with Gasteiger partial charge in [-0.25, -0.2) is 0 Å². The number of carbonyl (C=O) groups is 1. The van der Waals surface area contributed by atoms with Crippen LogP contribution in [-0.4, -0.2) is 24.7 Å². The van der Waals surface area contributed by atoms with Crippen molar-refractivity contribution in [2.45, 2.75) is 12.5 Å². The zero-order valence-electron chi connectivity index (χ0n) is 15.2. The third kappa shape index (κ3) is 4.63. The van der Waals surface area contributed by atoms with E-state index in [0.717, 1.165) is 11.3 Å². The van der Waals surface area contributed by atoms with Gasteiger partial charge in [-0.1, -0.05) is 23.7 Å². The highest BCUT2D eigenvalue weighted by molar-refractivity contribution is 6.32. The predicted octanol–water partition coefficient (Wildman–Crippen LogP) is 4.78. The second kappa shape index (κ2) is 8.64. The molecule has 27 heavy (non-hydrogen) atoms. The first kappa shape index (κ1) is 18.9. The van der Waals surface area contributed by atoms with Crippen LogP contribution in [0.3, 0.4) is 0 Å². The van der Waals surface area contributed by atoms with E-state index in [4.69, 9.17) is 21.1 Å². The summed E-state index contributed by atoms with van der Waals surface area (Å²) >= 11 is 6.13. The van der Waals surface area contributed by atoms with Crippen LogP contribution in [0.25, 0.3) is 0 Å². The highest BCUT2D eigenvalue weighted by Gasteiger charge is 2.18. The minimum atomic E-state index is -0.125. The van der Waals surface area contributed by atoms with E-state index in [-0.39, 0.29) is 18.4 Å². The molecule has 5 nitrogen and oxygen atoms in total. The molecule has 0 fully saturated rings. The van der Waals surface area contributed by atoms with Crippen LogP contribution in [0.4, 0.5) is 5.69 Å². The van der Waals surface area contributed by atoms with Gasteiger partial charge in [0.15, 0.2) is 0 Å². The molecular weight excluding hydrogens is 364 g/mol. The standard InChI is InChI=1S/C21H21ClN2O3/c1-26-17-8-5-15(6-9-17)19(24-11-3-4-12-24)14-21(25)23-16-7-10-20(27-2)18(22)13-16/h3-13,19H,14H2,1-2H3,(H,23,25)/t19-/m1/s1. The fourth-order valence-corrected chi connectivity index (χ4v) is 3.17. The minimum absolute atomic E-state index is 0.106. The van der Waals surface area contributed by atoms with E-state index in [1.165, 1.54) is 0 Å². The van der Waals surface area contributed by atoms with Crippen molar-refractivity contribution < 1.29 is 14.3 Å². The molecule has 3 rings (SSSR count). The van der Waals surface area contributed by atoms with Gasteiger partial charge in [-0.3, -0.25) is 4.79 Å². The number of benzene rings is 2. The summed E-state index contributed by atoms with van der Waals surface area (Å²) in [6.45, 7) is 0. The molecule has 1 amide bonds. The highest BCUT2D eigenvalue weighted by atomic mass is 35.5. The fourth-order valence-electron chi connectivity index (χ4n) is 2.91. The van der Waals surface area contributed by atoms with Gasteiger partial charge in [0.2, 0.25) is 5.91 Å². The molecule has 0 aliphatic heterocycles. The molecule has 0 radical (unpaired) electrons. The van der Waals surface area contributed by atoms with Crippen molar-refractivity contribution in [1.82, 2.24) is 4.57 Å². The molecule has 3 aromatic rings. The zero-order valence-corrected chi connectivity index (χ0v) is 15.9. The lowest BCUT2D eigenvalue weighted by molar-refractivity contribution is -0.116. The Morgan fingerprint density at radius 3 is 2.37 bits per heavy atom. The van der Waals surface area contributed by atoms with E-state index in [9.17, 15) is 4.79 Å². The zero-order chi connectivity index (χ0) is 19.2. The summed E-state index contributed by atoms with van der Waals surface area (Å²) in [7, 11) is 3.18. The van der Waals surface area contributed by atoms with Crippen molar-refractivity contribution in [3.8, 4) is 11.5 Å². The number of halogens is 1. The number of nitrogens with one attached hydrogen (secondary N) is 1. The van der Waals surface area contributed by atoms with Crippen LogP contribution in [0.15, 0.2) is 67.0 Å². The number of hydrogen-bond acceptors (Lipinski definition) is 3. The Morgan fingerprint density at radius 2 is 1.78 bits per heavy atom. The molecule has 0 spiro atoms. The number of hydrogen-bond donors (Lipinski definition) is 1. The molecular formula is C21H21ClN2O3. The van der Waals surface area contributed by atoms with E-state index in [1.54, 1.807) is 32.4 Å². The molecule has 1 N–H and O–H groups in total. The Labute approximate surface area is 163 Å². The number of carbonyl (C=O) groups excluding carboxylic acids is 1. The Morgan fingerprint density at radius 1 is 1.07 bits per heavy atom. The first-order valence-electron chi connectivity index (χ1n) is 8.50. The van der Waals surface area contributed by atoms with E-state index in [2.05, 4.69) is 5.32 Å². The lowest BCUT2D eigenvalue weighted by Gasteiger charge is -2.20. The molecule has 2 aromatic carbocycles. The topological polar surface area (TPSA) is 52.5 Å². The summed E-state index contributed by atoms with van der Waals surface area (Å²) in [4.78, 5) is 12.7. The molecule has 0 bridgehead atoms. The second-order valence-electron chi connectivity index (χ2n) is 6.02. The predicted molar refractivity (Wildman–Crippen MR) is 107 cm³/mol. The van der Waals surface area contributed by atoms with Crippen LogP contribution >= 0.6 is 11.6 Å². The average molecular weight is 385 g/mol. The van der Waals surface area contributed by atoms with Crippen LogP contribution in [0.5, 0.6) is 11.5 Å². The van der Waals surface area contributed by atoms with E-state index in [0.29, 0.717) is 16.5 Å². The molecule has 6 heteroatoms. The lowest BCUT2D eigenvalue weighted by Crippen LogP contribution is -2.19. The Kier molecular flexibility index (Phi) is 6.04. The second-order valence-corrected chi connectivity index (χ2v) is 6.43. The number of amides is 1. The number of methoxy groups -OCH3 is 2. The number of rotatable bonds is 7. The maximum atomic E-state index is 12.7. The van der Waals surface area contributed by atoms with Crippen molar-refractivity contribution in [2.24, 2.45) is 0 Å². The summed E-state index contributed by atoms with van der Waals surface area (Å²) < 4.78 is 12.4. The lowest BCUT2D eigenvalue weighted by atomic mass is 10.0. The van der Waals surface area contributed by atoms with Crippen LogP contribution in [0.1, 0.15) is 18.0 Å². The van der Waals surface area contributed by atoms with Crippen LogP contribution in [0.2, 0.25) is 5.02 Å². The Balaban J connectivity index is 1.77. The maximum absolute atomic E-state index is 12.7. The summed E-state index contributed by atoms with van der Waals surface area (Å²) in [5.74, 6) is 1.24. The molecule has 0 saturated carbocycles. The number of ether oxygens (including phenoxy) is 2. The minimum Gasteiger partial charge on any atom is -0.497 e. The van der Waals surface area contributed by atoms with Gasteiger partial charge in [-0.15, -0.1) is 0 Å². The Bertz CT molecular complexity index is 892. The number of anilines is 1. The largest absolute Gasteiger partial charge is 0.497 e. The van der Waals surface area contributed by atoms with E-state index in [1.807, 2.05) is 53.4 Å². The molecule has 1 aromatic heterocycles. The molecule has 0 saturated heterocycles. The molecule has 1 heterocycles. The normalized spacial score (nSPS) is 11.7. The SMILES string of the molecule is COc1ccc([C@@H](CC(=O)Nc2ccc(OC)c(Cl)c2)n2cccc2)cc1. The van der Waals surface area contributed by atoms with Crippen molar-refractivity contribution >= 4 is 23.2 Å². The van der Waals surface area contributed by atoms with Gasteiger partial charge in [0.25, 0.3) is 0 Å². The van der Waals surface area contributed by atoms with Gasteiger partial charge in [-0.2, -0.15) is 0 Å². The molecule has 1 atom stereocenters. The van der Waals surface area contributed by atoms with Gasteiger partial charge < -0.3 is 19.4 Å². The highest BCUT2D eigenvalue weighted by Crippen LogP contribution is 2.28. The summed E-state index contributed by atoms with van der Waals surface area (Å²) in [6, 6.07) is 16.7. The van der Waals surface area contributed by atoms with Gasteiger partial charge in [0.05, 0.1) is 31.7 Å². The van der Waals surface area contributed by atoms with Gasteiger partial charge >= 0.3 is 0 Å². The number of aromatic nitrogens is 1. The van der Waals surface area contributed by atoms with E-state index < -0.39 is 0 Å². The third-order valence-corrected chi connectivity index (χ3v) is 4.60. The first-order chi connectivity index (χ1) is 13.1. The summed E-state index contributed by atoms with van der Waals surface area (Å²) in [5, 5.41) is 3.35. The smallest absolute Gasteiger partial charge is 0.226 e. The molecule has 140 valence electrons. The maximum Gasteiger partial charge on any atom is 0.226 e. The quantitative estimate of drug-likeness (QED) is 0.638. The van der Waals surface area contributed by atoms with Gasteiger partial charge in [-0.05, 0) is 48.0 Å². The van der Waals surface area contributed by atoms with Crippen LogP contribution in [0, 0.1) is 0 Å². The molecule has 0 aliphatic carbocycles. The number of nitrogens with zero attached hydrogens (tertiary/aromatic N) is 1. The van der Waals surface area contributed by atoms with E-state index >= 15 is 0 Å². The van der Waals surface area contributed by atoms with Crippen molar-refractivity contribution in [3.63, 3.8) is 0 Å². The van der Waals surface area contributed by atoms with Crippen LogP contribution in [-0.2, 0) is 4.79 Å². The van der Waals surface area contributed by atoms with Crippen LogP contribution < -0.4 is 14.8 Å². The Hall–Kier alpha value is -2.92. The molecule has 0 aliphatic rings.